The third kappa shape index (κ3) is 5.20. The first-order valence-electron chi connectivity index (χ1n) is 17.5. The van der Waals surface area contributed by atoms with Gasteiger partial charge in [0.25, 0.3) is 0 Å². The second kappa shape index (κ2) is 12.2. The van der Waals surface area contributed by atoms with E-state index >= 15 is 4.39 Å². The van der Waals surface area contributed by atoms with E-state index in [1.165, 1.54) is 22.9 Å². The van der Waals surface area contributed by atoms with E-state index in [-0.39, 0.29) is 5.69 Å². The number of benzene rings is 5. The number of alkyl halides is 3. The molecule has 3 aromatic heterocycles. The van der Waals surface area contributed by atoms with Crippen LogP contribution < -0.4 is 0 Å². The van der Waals surface area contributed by atoms with Gasteiger partial charge in [0.2, 0.25) is 0 Å². The molecule has 1 spiro atoms. The van der Waals surface area contributed by atoms with E-state index in [9.17, 15) is 13.2 Å². The van der Waals surface area contributed by atoms with Gasteiger partial charge in [-0.3, -0.25) is 0 Å². The van der Waals surface area contributed by atoms with Gasteiger partial charge in [-0.2, -0.15) is 18.3 Å². The summed E-state index contributed by atoms with van der Waals surface area (Å²) in [7, 11) is 0. The van der Waals surface area contributed by atoms with E-state index in [4.69, 9.17) is 0 Å². The maximum absolute atomic E-state index is 15.5. The predicted molar refractivity (Wildman–Crippen MR) is 203 cm³/mol. The summed E-state index contributed by atoms with van der Waals surface area (Å²) in [5.74, 6) is 0.589. The third-order valence-electron chi connectivity index (χ3n) is 10.3. The molecule has 1 aliphatic heterocycles. The Labute approximate surface area is 312 Å². The number of halogens is 4. The van der Waals surface area contributed by atoms with E-state index in [2.05, 4.69) is 25.0 Å². The molecule has 4 heterocycles. The second-order valence-corrected chi connectivity index (χ2v) is 13.5. The van der Waals surface area contributed by atoms with Crippen LogP contribution in [0.15, 0.2) is 146 Å². The van der Waals surface area contributed by atoms with Crippen molar-refractivity contribution in [3.8, 4) is 56.3 Å². The summed E-state index contributed by atoms with van der Waals surface area (Å²) < 4.78 is 60.5. The standard InChI is InChI=1S/C45H26F4N6/c46-35-17-18-36-39(21-35)44(55-40(36)22-41(54-55)45(47,48)49)37-19-31(33-23-50-42(51-24-33)29-7-3-1-4-8-29)15-13-27(37)11-12-28-14-16-32(20-38(28)44)34-25-52-43(53-26-34)30-9-5-2-6-10-30/h1-26H. The topological polar surface area (TPSA) is 69.4 Å². The summed E-state index contributed by atoms with van der Waals surface area (Å²) >= 11 is 0. The molecule has 264 valence electrons. The summed E-state index contributed by atoms with van der Waals surface area (Å²) in [5, 5.41) is 4.31. The Morgan fingerprint density at radius 1 is 0.491 bits per heavy atom. The highest BCUT2D eigenvalue weighted by Gasteiger charge is 2.52. The number of aromatic nitrogens is 6. The SMILES string of the molecule is Fc1ccc2c(c1)C1(c3cc(-c4cnc(-c5ccccc5)nc4)ccc3C=Cc3ccc(-c4cnc(-c5ccccc5)nc4)cc31)n1nc(C(F)(F)F)cc1-2. The second-order valence-electron chi connectivity index (χ2n) is 13.5. The Hall–Kier alpha value is -7.07. The van der Waals surface area contributed by atoms with Crippen LogP contribution in [-0.2, 0) is 11.7 Å². The molecule has 0 radical (unpaired) electrons. The van der Waals surface area contributed by atoms with Crippen LogP contribution in [0.2, 0.25) is 0 Å². The van der Waals surface area contributed by atoms with Crippen LogP contribution >= 0.6 is 0 Å². The Morgan fingerprint density at radius 3 is 1.49 bits per heavy atom. The Balaban J connectivity index is 1.22. The van der Waals surface area contributed by atoms with Crippen LogP contribution in [0.5, 0.6) is 0 Å². The maximum atomic E-state index is 15.5. The monoisotopic (exact) mass is 726 g/mol. The van der Waals surface area contributed by atoms with Gasteiger partial charge in [0, 0.05) is 58.2 Å². The van der Waals surface area contributed by atoms with Crippen molar-refractivity contribution in [1.82, 2.24) is 29.7 Å². The molecule has 0 saturated heterocycles. The van der Waals surface area contributed by atoms with Gasteiger partial charge >= 0.3 is 6.18 Å². The maximum Gasteiger partial charge on any atom is 0.435 e. The lowest BCUT2D eigenvalue weighted by molar-refractivity contribution is -0.141. The zero-order valence-corrected chi connectivity index (χ0v) is 28.7. The van der Waals surface area contributed by atoms with Crippen molar-refractivity contribution in [2.45, 2.75) is 11.7 Å². The summed E-state index contributed by atoms with van der Waals surface area (Å²) in [4.78, 5) is 18.5. The molecule has 10 rings (SSSR count). The number of fused-ring (bicyclic) bond motifs is 9. The average Bonchev–Trinajstić information content (AvgIpc) is 3.74. The zero-order chi connectivity index (χ0) is 37.3. The lowest BCUT2D eigenvalue weighted by Crippen LogP contribution is -2.37. The molecule has 2 aliphatic rings. The third-order valence-corrected chi connectivity index (χ3v) is 10.3. The predicted octanol–water partition coefficient (Wildman–Crippen LogP) is 10.6. The van der Waals surface area contributed by atoms with Gasteiger partial charge in [-0.15, -0.1) is 0 Å². The fourth-order valence-corrected chi connectivity index (χ4v) is 7.78. The van der Waals surface area contributed by atoms with Crippen LogP contribution in [0, 0.1) is 5.82 Å². The van der Waals surface area contributed by atoms with Crippen molar-refractivity contribution in [3.63, 3.8) is 0 Å². The first kappa shape index (κ1) is 32.6. The summed E-state index contributed by atoms with van der Waals surface area (Å²) in [6.07, 6.45) is 6.05. The summed E-state index contributed by atoms with van der Waals surface area (Å²) in [6.45, 7) is 0. The summed E-state index contributed by atoms with van der Waals surface area (Å²) in [6, 6.07) is 36.0. The minimum Gasteiger partial charge on any atom is -0.245 e. The fraction of sp³-hybridized carbons (Fsp3) is 0.0444. The van der Waals surface area contributed by atoms with Crippen molar-refractivity contribution >= 4 is 12.2 Å². The number of hydrogen-bond acceptors (Lipinski definition) is 5. The molecule has 6 nitrogen and oxygen atoms in total. The zero-order valence-electron chi connectivity index (χ0n) is 28.7. The lowest BCUT2D eigenvalue weighted by atomic mass is 9.74. The van der Waals surface area contributed by atoms with Gasteiger partial charge in [0.1, 0.15) is 11.4 Å². The highest BCUT2D eigenvalue weighted by atomic mass is 19.4. The Kier molecular flexibility index (Phi) is 7.25. The first-order valence-corrected chi connectivity index (χ1v) is 17.5. The van der Waals surface area contributed by atoms with Gasteiger partial charge in [0.15, 0.2) is 17.3 Å². The van der Waals surface area contributed by atoms with Crippen LogP contribution in [-0.4, -0.2) is 29.7 Å². The van der Waals surface area contributed by atoms with Crippen molar-refractivity contribution in [1.29, 1.82) is 0 Å². The molecule has 0 unspecified atom stereocenters. The van der Waals surface area contributed by atoms with Gasteiger partial charge in [-0.25, -0.2) is 29.0 Å². The molecule has 0 bridgehead atoms. The smallest absolute Gasteiger partial charge is 0.245 e. The van der Waals surface area contributed by atoms with Crippen molar-refractivity contribution in [2.75, 3.05) is 0 Å². The molecule has 0 saturated carbocycles. The van der Waals surface area contributed by atoms with E-state index in [0.29, 0.717) is 45.0 Å². The van der Waals surface area contributed by atoms with Gasteiger partial charge < -0.3 is 0 Å². The minimum absolute atomic E-state index is 0.225. The van der Waals surface area contributed by atoms with Crippen LogP contribution in [0.4, 0.5) is 17.6 Å². The van der Waals surface area contributed by atoms with Crippen molar-refractivity contribution in [2.24, 2.45) is 0 Å². The molecule has 5 aromatic carbocycles. The van der Waals surface area contributed by atoms with Crippen LogP contribution in [0.1, 0.15) is 33.5 Å². The number of rotatable bonds is 4. The quantitative estimate of drug-likeness (QED) is 0.169. The molecule has 1 aliphatic carbocycles. The molecule has 0 atom stereocenters. The highest BCUT2D eigenvalue weighted by molar-refractivity contribution is 5.87. The molecule has 8 aromatic rings. The largest absolute Gasteiger partial charge is 0.435 e. The van der Waals surface area contributed by atoms with E-state index in [1.807, 2.05) is 109 Å². The molecule has 10 heteroatoms. The van der Waals surface area contributed by atoms with E-state index < -0.39 is 23.2 Å². The molecule has 55 heavy (non-hydrogen) atoms. The Morgan fingerprint density at radius 2 is 1.00 bits per heavy atom. The summed E-state index contributed by atoms with van der Waals surface area (Å²) in [5.41, 5.74) is 5.83. The van der Waals surface area contributed by atoms with Crippen molar-refractivity contribution in [3.05, 3.63) is 185 Å². The normalized spacial score (nSPS) is 13.5. The Bertz CT molecular complexity index is 2660. The van der Waals surface area contributed by atoms with Gasteiger partial charge in [-0.1, -0.05) is 97.1 Å². The molecule has 0 amide bonds. The lowest BCUT2D eigenvalue weighted by Gasteiger charge is -2.35. The van der Waals surface area contributed by atoms with E-state index in [0.717, 1.165) is 39.4 Å². The van der Waals surface area contributed by atoms with Crippen LogP contribution in [0.3, 0.4) is 0 Å². The minimum atomic E-state index is -4.73. The fourth-order valence-electron chi connectivity index (χ4n) is 7.78. The van der Waals surface area contributed by atoms with Gasteiger partial charge in [-0.05, 0) is 69.8 Å². The average molecular weight is 727 g/mol. The highest BCUT2D eigenvalue weighted by Crippen LogP contribution is 2.56. The van der Waals surface area contributed by atoms with Crippen molar-refractivity contribution < 1.29 is 17.6 Å². The van der Waals surface area contributed by atoms with Gasteiger partial charge in [0.05, 0.1) is 5.69 Å². The first-order chi connectivity index (χ1) is 26.8. The molecular weight excluding hydrogens is 701 g/mol. The molecular formula is C45H26F4N6. The number of nitrogens with zero attached hydrogens (tertiary/aromatic N) is 6. The van der Waals surface area contributed by atoms with E-state index in [1.54, 1.807) is 24.8 Å². The molecule has 0 fully saturated rings. The number of hydrogen-bond donors (Lipinski definition) is 0. The van der Waals surface area contributed by atoms with Crippen LogP contribution in [0.25, 0.3) is 68.4 Å². The molecule has 0 N–H and O–H groups in total.